The first kappa shape index (κ1) is 24.0. The van der Waals surface area contributed by atoms with E-state index < -0.39 is 58.5 Å². The van der Waals surface area contributed by atoms with Crippen LogP contribution in [-0.2, 0) is 16.0 Å². The second-order valence-electron chi connectivity index (χ2n) is 8.08. The first-order chi connectivity index (χ1) is 15.4. The highest BCUT2D eigenvalue weighted by Gasteiger charge is 2.32. The van der Waals surface area contributed by atoms with E-state index in [9.17, 15) is 31.5 Å². The molecule has 0 spiro atoms. The Labute approximate surface area is 184 Å². The molecule has 2 N–H and O–H groups in total. The summed E-state index contributed by atoms with van der Waals surface area (Å²) in [5.41, 5.74) is 0.276. The van der Waals surface area contributed by atoms with E-state index in [0.29, 0.717) is 16.5 Å². The van der Waals surface area contributed by atoms with Crippen LogP contribution in [0.5, 0.6) is 5.75 Å². The number of alkyl carbamates (subject to hydrolysis) is 1. The van der Waals surface area contributed by atoms with E-state index in [2.05, 4.69) is 15.0 Å². The van der Waals surface area contributed by atoms with Gasteiger partial charge in [0, 0.05) is 23.5 Å². The van der Waals surface area contributed by atoms with Crippen molar-refractivity contribution in [3.63, 3.8) is 0 Å². The van der Waals surface area contributed by atoms with Crippen LogP contribution in [0.15, 0.2) is 30.5 Å². The first-order valence-corrected chi connectivity index (χ1v) is 9.66. The number of para-hydroxylation sites is 1. The zero-order valence-corrected chi connectivity index (χ0v) is 17.7. The van der Waals surface area contributed by atoms with E-state index in [-0.39, 0.29) is 6.42 Å². The molecular formula is C22H19F5N2O4. The molecule has 2 aromatic carbocycles. The van der Waals surface area contributed by atoms with Crippen molar-refractivity contribution in [2.24, 2.45) is 0 Å². The molecule has 0 aliphatic rings. The Kier molecular flexibility index (Phi) is 6.61. The normalized spacial score (nSPS) is 12.5. The summed E-state index contributed by atoms with van der Waals surface area (Å²) in [6.45, 7) is 4.69. The van der Waals surface area contributed by atoms with Gasteiger partial charge in [-0.15, -0.1) is 0 Å². The topological polar surface area (TPSA) is 80.4 Å². The number of amides is 1. The molecule has 1 aromatic heterocycles. The lowest BCUT2D eigenvalue weighted by Crippen LogP contribution is -2.46. The number of carbonyl (C=O) groups excluding carboxylic acids is 2. The van der Waals surface area contributed by atoms with Crippen LogP contribution >= 0.6 is 0 Å². The molecule has 0 unspecified atom stereocenters. The van der Waals surface area contributed by atoms with Crippen LogP contribution < -0.4 is 10.1 Å². The zero-order chi connectivity index (χ0) is 24.5. The number of benzene rings is 2. The fourth-order valence-electron chi connectivity index (χ4n) is 3.01. The molecule has 0 bridgehead atoms. The van der Waals surface area contributed by atoms with Gasteiger partial charge in [-0.05, 0) is 32.4 Å². The zero-order valence-electron chi connectivity index (χ0n) is 17.7. The van der Waals surface area contributed by atoms with Crippen molar-refractivity contribution in [1.82, 2.24) is 10.3 Å². The summed E-state index contributed by atoms with van der Waals surface area (Å²) in [5, 5.41) is 2.90. The summed E-state index contributed by atoms with van der Waals surface area (Å²) in [5.74, 6) is -14.8. The minimum absolute atomic E-state index is 0.239. The molecule has 1 heterocycles. The number of rotatable bonds is 5. The number of aromatic nitrogens is 1. The first-order valence-electron chi connectivity index (χ1n) is 9.66. The maximum absolute atomic E-state index is 14.0. The maximum atomic E-state index is 14.0. The molecule has 176 valence electrons. The molecule has 3 rings (SSSR count). The number of fused-ring (bicyclic) bond motifs is 1. The van der Waals surface area contributed by atoms with Crippen molar-refractivity contribution in [2.75, 3.05) is 0 Å². The molecule has 0 aliphatic heterocycles. The third kappa shape index (κ3) is 5.24. The van der Waals surface area contributed by atoms with Gasteiger partial charge in [0.2, 0.25) is 34.8 Å². The van der Waals surface area contributed by atoms with Gasteiger partial charge in [-0.2, -0.15) is 8.78 Å². The van der Waals surface area contributed by atoms with Crippen LogP contribution in [0.2, 0.25) is 0 Å². The second kappa shape index (κ2) is 9.08. The van der Waals surface area contributed by atoms with Gasteiger partial charge in [0.05, 0.1) is 0 Å². The minimum Gasteiger partial charge on any atom is -0.444 e. The van der Waals surface area contributed by atoms with E-state index in [4.69, 9.17) is 4.74 Å². The van der Waals surface area contributed by atoms with Crippen molar-refractivity contribution in [2.45, 2.75) is 38.8 Å². The Morgan fingerprint density at radius 1 is 0.970 bits per heavy atom. The third-order valence-electron chi connectivity index (χ3n) is 4.45. The largest absolute Gasteiger partial charge is 0.444 e. The lowest BCUT2D eigenvalue weighted by Gasteiger charge is -2.23. The minimum atomic E-state index is -2.40. The van der Waals surface area contributed by atoms with E-state index in [1.165, 1.54) is 0 Å². The van der Waals surface area contributed by atoms with Crippen molar-refractivity contribution in [3.05, 3.63) is 65.1 Å². The highest BCUT2D eigenvalue weighted by atomic mass is 19.2. The summed E-state index contributed by atoms with van der Waals surface area (Å²) >= 11 is 0. The molecule has 0 saturated carbocycles. The van der Waals surface area contributed by atoms with Crippen molar-refractivity contribution >= 4 is 23.0 Å². The highest BCUT2D eigenvalue weighted by molar-refractivity contribution is 5.87. The summed E-state index contributed by atoms with van der Waals surface area (Å²) in [4.78, 5) is 27.9. The molecule has 11 heteroatoms. The average molecular weight is 470 g/mol. The van der Waals surface area contributed by atoms with Gasteiger partial charge >= 0.3 is 12.1 Å². The number of nitrogens with one attached hydrogen (secondary N) is 2. The predicted octanol–water partition coefficient (Wildman–Crippen LogP) is 4.90. The fourth-order valence-corrected chi connectivity index (χ4v) is 3.01. The smallest absolute Gasteiger partial charge is 0.408 e. The summed E-state index contributed by atoms with van der Waals surface area (Å²) < 4.78 is 77.8. The number of hydrogen-bond acceptors (Lipinski definition) is 4. The predicted molar refractivity (Wildman–Crippen MR) is 107 cm³/mol. The van der Waals surface area contributed by atoms with E-state index in [0.717, 1.165) is 0 Å². The molecule has 0 fully saturated rings. The quantitative estimate of drug-likeness (QED) is 0.183. The van der Waals surface area contributed by atoms with Gasteiger partial charge in [0.1, 0.15) is 11.6 Å². The molecule has 1 atom stereocenters. The second-order valence-corrected chi connectivity index (χ2v) is 8.08. The summed E-state index contributed by atoms with van der Waals surface area (Å²) in [6, 6.07) is 5.37. The molecule has 1 amide bonds. The van der Waals surface area contributed by atoms with Crippen LogP contribution in [0.1, 0.15) is 26.3 Å². The van der Waals surface area contributed by atoms with Gasteiger partial charge in [-0.3, -0.25) is 0 Å². The number of H-pyrrole nitrogens is 1. The number of aromatic amines is 1. The van der Waals surface area contributed by atoms with Crippen LogP contribution in [0.25, 0.3) is 10.9 Å². The maximum Gasteiger partial charge on any atom is 0.408 e. The molecule has 3 aromatic rings. The number of ether oxygens (including phenoxy) is 2. The Bertz CT molecular complexity index is 1190. The number of hydrogen-bond donors (Lipinski definition) is 2. The average Bonchev–Trinajstić information content (AvgIpc) is 3.15. The van der Waals surface area contributed by atoms with Crippen molar-refractivity contribution in [3.8, 4) is 5.75 Å². The van der Waals surface area contributed by atoms with E-state index in [1.54, 1.807) is 51.2 Å². The number of carbonyl (C=O) groups is 2. The van der Waals surface area contributed by atoms with Gasteiger partial charge in [0.15, 0.2) is 0 Å². The molecule has 6 nitrogen and oxygen atoms in total. The standard InChI is InChI=1S/C22H19F5N2O4/c1-22(2,3)33-21(31)29-13(8-10-9-28-12-7-5-4-6-11(10)12)20(30)32-19-17(26)15(24)14(23)16(25)18(19)27/h4-7,9,13,28H,8H2,1-3H3,(H,29,31)/t13-/m0/s1. The molecule has 0 saturated heterocycles. The molecule has 0 aliphatic carbocycles. The molecule has 33 heavy (non-hydrogen) atoms. The Morgan fingerprint density at radius 2 is 1.55 bits per heavy atom. The molecule has 0 radical (unpaired) electrons. The molecular weight excluding hydrogens is 451 g/mol. The third-order valence-corrected chi connectivity index (χ3v) is 4.45. The van der Waals surface area contributed by atoms with Gasteiger partial charge in [0.25, 0.3) is 0 Å². The number of esters is 1. The van der Waals surface area contributed by atoms with E-state index in [1.807, 2.05) is 0 Å². The van der Waals surface area contributed by atoms with Gasteiger partial charge in [-0.25, -0.2) is 22.8 Å². The van der Waals surface area contributed by atoms with Crippen LogP contribution in [0.4, 0.5) is 26.7 Å². The highest BCUT2D eigenvalue weighted by Crippen LogP contribution is 2.30. The SMILES string of the molecule is CC(C)(C)OC(=O)N[C@@H](Cc1c[nH]c2ccccc12)C(=O)Oc1c(F)c(F)c(F)c(F)c1F. The monoisotopic (exact) mass is 470 g/mol. The lowest BCUT2D eigenvalue weighted by atomic mass is 10.1. The van der Waals surface area contributed by atoms with Crippen LogP contribution in [-0.4, -0.2) is 28.7 Å². The van der Waals surface area contributed by atoms with Crippen LogP contribution in [0.3, 0.4) is 0 Å². The van der Waals surface area contributed by atoms with Crippen molar-refractivity contribution < 1.29 is 41.0 Å². The van der Waals surface area contributed by atoms with Gasteiger partial charge < -0.3 is 19.8 Å². The summed E-state index contributed by atoms with van der Waals surface area (Å²) in [6.07, 6.45) is 0.249. The van der Waals surface area contributed by atoms with Crippen LogP contribution in [0, 0.1) is 29.1 Å². The Morgan fingerprint density at radius 3 is 2.15 bits per heavy atom. The van der Waals surface area contributed by atoms with Gasteiger partial charge in [-0.1, -0.05) is 18.2 Å². The Balaban J connectivity index is 1.93. The summed E-state index contributed by atoms with van der Waals surface area (Å²) in [7, 11) is 0. The van der Waals surface area contributed by atoms with E-state index >= 15 is 0 Å². The Hall–Kier alpha value is -3.63. The number of halogens is 5. The van der Waals surface area contributed by atoms with Crippen molar-refractivity contribution in [1.29, 1.82) is 0 Å². The lowest BCUT2D eigenvalue weighted by molar-refractivity contribution is -0.137. The fraction of sp³-hybridized carbons (Fsp3) is 0.273.